The number of likely N-dealkylation sites (N-methyl/N-ethyl adjacent to an activating group) is 1. The van der Waals surface area contributed by atoms with Crippen molar-refractivity contribution in [3.05, 3.63) is 47.9 Å². The molecule has 4 rings (SSSR count). The Kier molecular flexibility index (Phi) is 7.11. The quantitative estimate of drug-likeness (QED) is 0.478. The maximum Gasteiger partial charge on any atom is 0.245 e. The highest BCUT2D eigenvalue weighted by Crippen LogP contribution is 2.31. The van der Waals surface area contributed by atoms with Gasteiger partial charge < -0.3 is 24.8 Å². The lowest BCUT2D eigenvalue weighted by Crippen LogP contribution is -2.31. The number of methoxy groups -OCH3 is 1. The summed E-state index contributed by atoms with van der Waals surface area (Å²) in [5.41, 5.74) is 1.64. The molecule has 2 N–H and O–H groups in total. The SMILES string of the molecule is COc1ccc(NC(=O)CN(C)c2nc(-c3cc(OCC(C)(C)O)ccn3)nc3c2CCC3)nc1. The van der Waals surface area contributed by atoms with Gasteiger partial charge in [0.15, 0.2) is 5.82 Å². The second kappa shape index (κ2) is 10.2. The molecule has 0 saturated heterocycles. The van der Waals surface area contributed by atoms with Crippen LogP contribution in [0.15, 0.2) is 36.7 Å². The van der Waals surface area contributed by atoms with Gasteiger partial charge in [-0.25, -0.2) is 15.0 Å². The molecule has 0 saturated carbocycles. The predicted molar refractivity (Wildman–Crippen MR) is 132 cm³/mol. The average molecular weight is 479 g/mol. The molecule has 0 spiro atoms. The Morgan fingerprint density at radius 1 is 1.17 bits per heavy atom. The number of aromatic nitrogens is 4. The lowest BCUT2D eigenvalue weighted by molar-refractivity contribution is -0.115. The molecular formula is C25H30N6O4. The van der Waals surface area contributed by atoms with Gasteiger partial charge in [0.25, 0.3) is 0 Å². The number of aliphatic hydroxyl groups is 1. The highest BCUT2D eigenvalue weighted by Gasteiger charge is 2.24. The third kappa shape index (κ3) is 6.21. The van der Waals surface area contributed by atoms with E-state index in [1.165, 1.54) is 0 Å². The van der Waals surface area contributed by atoms with Gasteiger partial charge >= 0.3 is 0 Å². The van der Waals surface area contributed by atoms with Crippen LogP contribution in [-0.4, -0.2) is 63.9 Å². The fourth-order valence-corrected chi connectivity index (χ4v) is 3.77. The summed E-state index contributed by atoms with van der Waals surface area (Å²) in [7, 11) is 3.40. The molecule has 1 aliphatic carbocycles. The molecule has 3 aromatic rings. The Labute approximate surface area is 204 Å². The van der Waals surface area contributed by atoms with Crippen molar-refractivity contribution in [2.75, 3.05) is 37.5 Å². The number of hydrogen-bond acceptors (Lipinski definition) is 9. The summed E-state index contributed by atoms with van der Waals surface area (Å²) in [4.78, 5) is 32.7. The maximum atomic E-state index is 12.7. The molecule has 0 fully saturated rings. The third-order valence-electron chi connectivity index (χ3n) is 5.45. The number of ether oxygens (including phenoxy) is 2. The van der Waals surface area contributed by atoms with Gasteiger partial charge in [0, 0.05) is 30.6 Å². The van der Waals surface area contributed by atoms with Crippen LogP contribution in [0, 0.1) is 0 Å². The van der Waals surface area contributed by atoms with Crippen LogP contribution < -0.4 is 19.7 Å². The number of hydrogen-bond donors (Lipinski definition) is 2. The van der Waals surface area contributed by atoms with Crippen LogP contribution in [0.25, 0.3) is 11.5 Å². The van der Waals surface area contributed by atoms with Crippen molar-refractivity contribution in [1.29, 1.82) is 0 Å². The van der Waals surface area contributed by atoms with E-state index in [1.807, 2.05) is 11.9 Å². The summed E-state index contributed by atoms with van der Waals surface area (Å²) in [5.74, 6) is 2.61. The first kappa shape index (κ1) is 24.3. The highest BCUT2D eigenvalue weighted by molar-refractivity contribution is 5.93. The van der Waals surface area contributed by atoms with Crippen molar-refractivity contribution in [2.24, 2.45) is 0 Å². The van der Waals surface area contributed by atoms with Crippen molar-refractivity contribution < 1.29 is 19.4 Å². The van der Waals surface area contributed by atoms with Crippen LogP contribution in [0.1, 0.15) is 31.5 Å². The van der Waals surface area contributed by atoms with Crippen LogP contribution in [0.3, 0.4) is 0 Å². The average Bonchev–Trinajstić information content (AvgIpc) is 3.31. The van der Waals surface area contributed by atoms with Crippen LogP contribution in [0.4, 0.5) is 11.6 Å². The van der Waals surface area contributed by atoms with E-state index in [1.54, 1.807) is 57.6 Å². The monoisotopic (exact) mass is 478 g/mol. The lowest BCUT2D eigenvalue weighted by atomic mass is 10.2. The van der Waals surface area contributed by atoms with Crippen molar-refractivity contribution in [1.82, 2.24) is 19.9 Å². The summed E-state index contributed by atoms with van der Waals surface area (Å²) >= 11 is 0. The zero-order valence-corrected chi connectivity index (χ0v) is 20.4. The number of carbonyl (C=O) groups excluding carboxylic acids is 1. The second-order valence-corrected chi connectivity index (χ2v) is 9.12. The Morgan fingerprint density at radius 2 is 2.00 bits per heavy atom. The first-order valence-electron chi connectivity index (χ1n) is 11.4. The summed E-state index contributed by atoms with van der Waals surface area (Å²) in [6.07, 6.45) is 5.87. The number of nitrogens with one attached hydrogen (secondary N) is 1. The van der Waals surface area contributed by atoms with Gasteiger partial charge in [-0.05, 0) is 51.3 Å². The van der Waals surface area contributed by atoms with E-state index in [4.69, 9.17) is 19.4 Å². The Bertz CT molecular complexity index is 1190. The summed E-state index contributed by atoms with van der Waals surface area (Å²) in [6.45, 7) is 3.61. The van der Waals surface area contributed by atoms with Gasteiger partial charge in [-0.3, -0.25) is 9.78 Å². The number of pyridine rings is 2. The summed E-state index contributed by atoms with van der Waals surface area (Å²) in [5, 5.41) is 12.7. The van der Waals surface area contributed by atoms with E-state index in [2.05, 4.69) is 15.3 Å². The first-order valence-corrected chi connectivity index (χ1v) is 11.4. The topological polar surface area (TPSA) is 123 Å². The van der Waals surface area contributed by atoms with Gasteiger partial charge in [0.1, 0.15) is 35.4 Å². The van der Waals surface area contributed by atoms with E-state index < -0.39 is 5.60 Å². The number of rotatable bonds is 9. The number of amides is 1. The Balaban J connectivity index is 1.53. The minimum Gasteiger partial charge on any atom is -0.495 e. The zero-order valence-electron chi connectivity index (χ0n) is 20.4. The van der Waals surface area contributed by atoms with Gasteiger partial charge in [0.05, 0.1) is 25.5 Å². The Hall–Kier alpha value is -3.79. The van der Waals surface area contributed by atoms with Crippen LogP contribution in [0.5, 0.6) is 11.5 Å². The van der Waals surface area contributed by atoms with Gasteiger partial charge in [-0.1, -0.05) is 0 Å². The molecule has 184 valence electrons. The fraction of sp³-hybridized carbons (Fsp3) is 0.400. The molecule has 0 aromatic carbocycles. The molecule has 3 heterocycles. The zero-order chi connectivity index (χ0) is 25.0. The van der Waals surface area contributed by atoms with Gasteiger partial charge in [-0.2, -0.15) is 0 Å². The molecule has 3 aromatic heterocycles. The highest BCUT2D eigenvalue weighted by atomic mass is 16.5. The second-order valence-electron chi connectivity index (χ2n) is 9.12. The van der Waals surface area contributed by atoms with Crippen molar-refractivity contribution in [2.45, 2.75) is 38.7 Å². The number of anilines is 2. The summed E-state index contributed by atoms with van der Waals surface area (Å²) in [6, 6.07) is 6.92. The normalized spacial score (nSPS) is 12.7. The molecule has 35 heavy (non-hydrogen) atoms. The minimum atomic E-state index is -0.953. The van der Waals surface area contributed by atoms with Gasteiger partial charge in [0.2, 0.25) is 5.91 Å². The van der Waals surface area contributed by atoms with E-state index >= 15 is 0 Å². The van der Waals surface area contributed by atoms with Crippen LogP contribution in [0.2, 0.25) is 0 Å². The molecule has 0 atom stereocenters. The van der Waals surface area contributed by atoms with Gasteiger partial charge in [-0.15, -0.1) is 0 Å². The first-order chi connectivity index (χ1) is 16.7. The lowest BCUT2D eigenvalue weighted by Gasteiger charge is -2.21. The van der Waals surface area contributed by atoms with E-state index in [9.17, 15) is 9.90 Å². The number of nitrogens with zero attached hydrogens (tertiary/aromatic N) is 5. The molecule has 0 unspecified atom stereocenters. The molecule has 0 bridgehead atoms. The summed E-state index contributed by atoms with van der Waals surface area (Å²) < 4.78 is 10.8. The van der Waals surface area contributed by atoms with E-state index in [-0.39, 0.29) is 19.1 Å². The molecule has 0 aliphatic heterocycles. The number of carbonyl (C=O) groups is 1. The molecule has 10 heteroatoms. The maximum absolute atomic E-state index is 12.7. The van der Waals surface area contributed by atoms with Crippen molar-refractivity contribution in [3.63, 3.8) is 0 Å². The molecule has 0 radical (unpaired) electrons. The van der Waals surface area contributed by atoms with Crippen molar-refractivity contribution >= 4 is 17.5 Å². The largest absolute Gasteiger partial charge is 0.495 e. The fourth-order valence-electron chi connectivity index (χ4n) is 3.77. The standard InChI is InChI=1S/C25H30N6O4/c1-25(2,33)15-35-16-10-11-26-20(12-16)23-28-19-7-5-6-18(19)24(30-23)31(3)14-22(32)29-21-9-8-17(34-4)13-27-21/h8-13,33H,5-7,14-15H2,1-4H3,(H,27,29,32). The molecule has 10 nitrogen and oxygen atoms in total. The van der Waals surface area contributed by atoms with E-state index in [0.29, 0.717) is 34.7 Å². The smallest absolute Gasteiger partial charge is 0.245 e. The Morgan fingerprint density at radius 3 is 2.71 bits per heavy atom. The van der Waals surface area contributed by atoms with Crippen LogP contribution in [-0.2, 0) is 17.6 Å². The molecule has 1 amide bonds. The molecule has 1 aliphatic rings. The molecular weight excluding hydrogens is 448 g/mol. The number of fused-ring (bicyclic) bond motifs is 1. The van der Waals surface area contributed by atoms with Crippen molar-refractivity contribution in [3.8, 4) is 23.0 Å². The third-order valence-corrected chi connectivity index (χ3v) is 5.45. The minimum absolute atomic E-state index is 0.0960. The predicted octanol–water partition coefficient (Wildman–Crippen LogP) is 2.66. The van der Waals surface area contributed by atoms with E-state index in [0.717, 1.165) is 30.5 Å². The van der Waals surface area contributed by atoms with Crippen LogP contribution >= 0.6 is 0 Å². The number of aryl methyl sites for hydroxylation is 1.